The van der Waals surface area contributed by atoms with Gasteiger partial charge < -0.3 is 10.5 Å². The van der Waals surface area contributed by atoms with Crippen molar-refractivity contribution < 1.29 is 9.53 Å². The van der Waals surface area contributed by atoms with Gasteiger partial charge >= 0.3 is 5.97 Å². The number of carbonyl (C=O) groups is 1. The van der Waals surface area contributed by atoms with Gasteiger partial charge in [-0.1, -0.05) is 0 Å². The molecule has 0 spiro atoms. The van der Waals surface area contributed by atoms with Crippen molar-refractivity contribution in [2.45, 2.75) is 25.4 Å². The van der Waals surface area contributed by atoms with Crippen LogP contribution in [0.1, 0.15) is 19.3 Å². The topological polar surface area (TPSA) is 55.6 Å². The van der Waals surface area contributed by atoms with Crippen molar-refractivity contribution in [3.05, 3.63) is 0 Å². The van der Waals surface area contributed by atoms with Crippen LogP contribution in [0.15, 0.2) is 0 Å². The first-order valence-corrected chi connectivity index (χ1v) is 5.29. The van der Waals surface area contributed by atoms with Gasteiger partial charge in [0, 0.05) is 5.92 Å². The van der Waals surface area contributed by atoms with E-state index in [1.165, 1.54) is 20.0 Å². The van der Waals surface area contributed by atoms with E-state index < -0.39 is 0 Å². The predicted molar refractivity (Wildman–Crippen MR) is 52.4 cm³/mol. The lowest BCUT2D eigenvalue weighted by Crippen LogP contribution is -2.59. The minimum absolute atomic E-state index is 0.0709. The smallest absolute Gasteiger partial charge is 0.305 e. The number of nitrogens with zero attached hydrogens (tertiary/aromatic N) is 1. The number of fused-ring (bicyclic) bond motifs is 3. The van der Waals surface area contributed by atoms with Gasteiger partial charge in [0.25, 0.3) is 0 Å². The first-order valence-electron chi connectivity index (χ1n) is 5.29. The SMILES string of the molecule is COC(=O)C[C@@H]1C2CCN(CC2)C1N. The Morgan fingerprint density at radius 2 is 2.14 bits per heavy atom. The highest BCUT2D eigenvalue weighted by molar-refractivity contribution is 5.69. The summed E-state index contributed by atoms with van der Waals surface area (Å²) in [5.74, 6) is 0.818. The van der Waals surface area contributed by atoms with Crippen LogP contribution in [0.5, 0.6) is 0 Å². The van der Waals surface area contributed by atoms with E-state index in [2.05, 4.69) is 4.90 Å². The Hall–Kier alpha value is -0.610. The van der Waals surface area contributed by atoms with Gasteiger partial charge in [0.15, 0.2) is 0 Å². The summed E-state index contributed by atoms with van der Waals surface area (Å²) in [6, 6.07) is 0. The Bertz CT molecular complexity index is 222. The quantitative estimate of drug-likeness (QED) is 0.643. The fourth-order valence-electron chi connectivity index (χ4n) is 2.76. The lowest BCUT2D eigenvalue weighted by Gasteiger charge is -2.49. The molecule has 3 aliphatic rings. The third kappa shape index (κ3) is 1.64. The molecule has 3 rings (SSSR count). The number of hydrogen-bond acceptors (Lipinski definition) is 4. The molecule has 1 unspecified atom stereocenters. The zero-order valence-corrected chi connectivity index (χ0v) is 8.61. The van der Waals surface area contributed by atoms with Crippen molar-refractivity contribution in [3.8, 4) is 0 Å². The summed E-state index contributed by atoms with van der Waals surface area (Å²) in [7, 11) is 1.44. The van der Waals surface area contributed by atoms with Crippen LogP contribution in [0.25, 0.3) is 0 Å². The highest BCUT2D eigenvalue weighted by Gasteiger charge is 2.41. The van der Waals surface area contributed by atoms with Gasteiger partial charge in [0.2, 0.25) is 0 Å². The van der Waals surface area contributed by atoms with Crippen LogP contribution in [0.2, 0.25) is 0 Å². The van der Waals surface area contributed by atoms with Crippen molar-refractivity contribution in [2.75, 3.05) is 20.2 Å². The Morgan fingerprint density at radius 1 is 1.50 bits per heavy atom. The summed E-state index contributed by atoms with van der Waals surface area (Å²) < 4.78 is 4.70. The first-order chi connectivity index (χ1) is 6.72. The Kier molecular flexibility index (Phi) is 2.74. The van der Waals surface area contributed by atoms with E-state index in [1.807, 2.05) is 0 Å². The molecule has 4 heteroatoms. The number of piperidine rings is 3. The third-order valence-corrected chi connectivity index (χ3v) is 3.67. The Balaban J connectivity index is 2.00. The van der Waals surface area contributed by atoms with E-state index in [0.29, 0.717) is 18.3 Å². The standard InChI is InChI=1S/C10H18N2O2/c1-14-9(13)6-8-7-2-4-12(5-3-7)10(8)11/h7-8,10H,2-6,11H2,1H3/t8-,10?/m1/s1. The zero-order chi connectivity index (χ0) is 10.1. The van der Waals surface area contributed by atoms with Crippen LogP contribution < -0.4 is 5.73 Å². The van der Waals surface area contributed by atoms with E-state index in [9.17, 15) is 4.79 Å². The van der Waals surface area contributed by atoms with Crippen molar-refractivity contribution in [2.24, 2.45) is 17.6 Å². The van der Waals surface area contributed by atoms with Crippen LogP contribution in [0, 0.1) is 11.8 Å². The Morgan fingerprint density at radius 3 is 2.64 bits per heavy atom. The van der Waals surface area contributed by atoms with Crippen molar-refractivity contribution in [1.29, 1.82) is 0 Å². The number of ether oxygens (including phenoxy) is 1. The second-order valence-electron chi connectivity index (χ2n) is 4.31. The maximum Gasteiger partial charge on any atom is 0.305 e. The molecule has 14 heavy (non-hydrogen) atoms. The molecule has 4 nitrogen and oxygen atoms in total. The van der Waals surface area contributed by atoms with E-state index >= 15 is 0 Å². The molecule has 3 saturated heterocycles. The van der Waals surface area contributed by atoms with E-state index in [-0.39, 0.29) is 12.1 Å². The van der Waals surface area contributed by atoms with Crippen LogP contribution >= 0.6 is 0 Å². The average Bonchev–Trinajstić information content (AvgIpc) is 2.23. The minimum Gasteiger partial charge on any atom is -0.469 e. The van der Waals surface area contributed by atoms with Gasteiger partial charge in [-0.25, -0.2) is 0 Å². The van der Waals surface area contributed by atoms with Gasteiger partial charge in [0.05, 0.1) is 19.7 Å². The van der Waals surface area contributed by atoms with Crippen LogP contribution in [-0.4, -0.2) is 37.2 Å². The summed E-state index contributed by atoms with van der Waals surface area (Å²) in [6.07, 6.45) is 2.94. The zero-order valence-electron chi connectivity index (χ0n) is 8.61. The number of esters is 1. The monoisotopic (exact) mass is 198 g/mol. The summed E-state index contributed by atoms with van der Waals surface area (Å²) in [5, 5.41) is 0. The van der Waals surface area contributed by atoms with Gasteiger partial charge in [0.1, 0.15) is 0 Å². The molecule has 0 radical (unpaired) electrons. The molecule has 0 aromatic heterocycles. The molecule has 2 bridgehead atoms. The molecule has 0 aromatic carbocycles. The summed E-state index contributed by atoms with van der Waals surface area (Å²) in [6.45, 7) is 2.20. The number of hydrogen-bond donors (Lipinski definition) is 1. The molecule has 2 N–H and O–H groups in total. The maximum absolute atomic E-state index is 11.2. The fraction of sp³-hybridized carbons (Fsp3) is 0.900. The van der Waals surface area contributed by atoms with Crippen molar-refractivity contribution in [3.63, 3.8) is 0 Å². The van der Waals surface area contributed by atoms with E-state index in [4.69, 9.17) is 10.5 Å². The molecule has 0 aliphatic carbocycles. The number of nitrogens with two attached hydrogens (primary N) is 1. The highest BCUT2D eigenvalue weighted by atomic mass is 16.5. The van der Waals surface area contributed by atoms with Crippen LogP contribution in [-0.2, 0) is 9.53 Å². The summed E-state index contributed by atoms with van der Waals surface area (Å²) >= 11 is 0. The minimum atomic E-state index is -0.126. The highest BCUT2D eigenvalue weighted by Crippen LogP contribution is 2.36. The molecular weight excluding hydrogens is 180 g/mol. The number of carbonyl (C=O) groups excluding carboxylic acids is 1. The molecule has 0 aromatic rings. The Labute approximate surface area is 84.4 Å². The largest absolute Gasteiger partial charge is 0.469 e. The molecule has 3 heterocycles. The van der Waals surface area contributed by atoms with Crippen molar-refractivity contribution >= 4 is 5.97 Å². The fourth-order valence-corrected chi connectivity index (χ4v) is 2.76. The summed E-state index contributed by atoms with van der Waals surface area (Å²) in [5.41, 5.74) is 6.09. The van der Waals surface area contributed by atoms with E-state index in [0.717, 1.165) is 13.1 Å². The van der Waals surface area contributed by atoms with Gasteiger partial charge in [-0.05, 0) is 31.8 Å². The first kappa shape index (κ1) is 9.93. The molecule has 3 aliphatic heterocycles. The second-order valence-corrected chi connectivity index (χ2v) is 4.31. The molecule has 0 amide bonds. The van der Waals surface area contributed by atoms with Gasteiger partial charge in [-0.15, -0.1) is 0 Å². The maximum atomic E-state index is 11.2. The molecule has 80 valence electrons. The molecule has 3 fully saturated rings. The van der Waals surface area contributed by atoms with Gasteiger partial charge in [-0.3, -0.25) is 9.69 Å². The second kappa shape index (κ2) is 3.87. The normalized spacial score (nSPS) is 41.0. The predicted octanol–water partition coefficient (Wildman–Crippen LogP) is 0.176. The molecular formula is C10H18N2O2. The average molecular weight is 198 g/mol. The lowest BCUT2D eigenvalue weighted by molar-refractivity contribution is -0.144. The lowest BCUT2D eigenvalue weighted by atomic mass is 9.75. The summed E-state index contributed by atoms with van der Waals surface area (Å²) in [4.78, 5) is 13.5. The van der Waals surface area contributed by atoms with Crippen LogP contribution in [0.3, 0.4) is 0 Å². The van der Waals surface area contributed by atoms with E-state index in [1.54, 1.807) is 0 Å². The van der Waals surface area contributed by atoms with Crippen LogP contribution in [0.4, 0.5) is 0 Å². The molecule has 0 saturated carbocycles. The molecule has 2 atom stereocenters. The number of methoxy groups -OCH3 is 1. The third-order valence-electron chi connectivity index (χ3n) is 3.67. The van der Waals surface area contributed by atoms with Gasteiger partial charge in [-0.2, -0.15) is 0 Å². The number of rotatable bonds is 2. The van der Waals surface area contributed by atoms with Crippen molar-refractivity contribution in [1.82, 2.24) is 4.90 Å².